The zero-order valence-electron chi connectivity index (χ0n) is 11.2. The van der Waals surface area contributed by atoms with Crippen LogP contribution in [0.2, 0.25) is 0 Å². The highest BCUT2D eigenvalue weighted by Gasteiger charge is 2.27. The Morgan fingerprint density at radius 3 is 2.57 bits per heavy atom. The van der Waals surface area contributed by atoms with Gasteiger partial charge in [0.15, 0.2) is 6.61 Å². The monoisotopic (exact) mass is 301 g/mol. The third-order valence-corrected chi connectivity index (χ3v) is 2.42. The lowest BCUT2D eigenvalue weighted by atomic mass is 10.1. The molecule has 1 rings (SSSR count). The second kappa shape index (κ2) is 7.47. The highest BCUT2D eigenvalue weighted by molar-refractivity contribution is 5.89. The van der Waals surface area contributed by atoms with Crippen molar-refractivity contribution in [2.24, 2.45) is 0 Å². The zero-order chi connectivity index (χ0) is 15.9. The van der Waals surface area contributed by atoms with Crippen LogP contribution in [0, 0.1) is 6.92 Å². The average molecular weight is 301 g/mol. The molecule has 1 aromatic rings. The Kier molecular flexibility index (Phi) is 5.95. The summed E-state index contributed by atoms with van der Waals surface area (Å²) in [5.74, 6) is -1.81. The largest absolute Gasteiger partial charge is 0.452 e. The predicted molar refractivity (Wildman–Crippen MR) is 70.2 cm³/mol. The molecule has 0 spiro atoms. The minimum atomic E-state index is -4.50. The smallest absolute Gasteiger partial charge is 0.405 e. The summed E-state index contributed by atoms with van der Waals surface area (Å²) < 4.78 is 40.0. The molecule has 7 heteroatoms. The number of rotatable bonds is 5. The molecule has 0 aliphatic rings. The Morgan fingerprint density at radius 1 is 1.29 bits per heavy atom. The number of nitrogens with one attached hydrogen (secondary N) is 1. The average Bonchev–Trinajstić information content (AvgIpc) is 2.41. The molecule has 114 valence electrons. The van der Waals surface area contributed by atoms with E-state index in [0.29, 0.717) is 0 Å². The van der Waals surface area contributed by atoms with Crippen LogP contribution in [0.5, 0.6) is 0 Å². The van der Waals surface area contributed by atoms with Gasteiger partial charge in [0.05, 0.1) is 0 Å². The molecule has 0 radical (unpaired) electrons. The van der Waals surface area contributed by atoms with E-state index in [9.17, 15) is 22.8 Å². The first kappa shape index (κ1) is 16.7. The molecule has 0 atom stereocenters. The van der Waals surface area contributed by atoms with E-state index in [4.69, 9.17) is 0 Å². The number of benzene rings is 1. The van der Waals surface area contributed by atoms with Crippen LogP contribution in [0.3, 0.4) is 0 Å². The Labute approximate surface area is 119 Å². The van der Waals surface area contributed by atoms with E-state index >= 15 is 0 Å². The van der Waals surface area contributed by atoms with Crippen molar-refractivity contribution in [3.8, 4) is 0 Å². The molecule has 21 heavy (non-hydrogen) atoms. The van der Waals surface area contributed by atoms with Crippen LogP contribution in [-0.4, -0.2) is 31.2 Å². The number of esters is 1. The summed E-state index contributed by atoms with van der Waals surface area (Å²) in [5.41, 5.74) is 1.75. The van der Waals surface area contributed by atoms with Crippen LogP contribution >= 0.6 is 0 Å². The Hall–Kier alpha value is -2.31. The van der Waals surface area contributed by atoms with E-state index < -0.39 is 31.2 Å². The van der Waals surface area contributed by atoms with Crippen LogP contribution in [0.1, 0.15) is 11.1 Å². The molecule has 0 bridgehead atoms. The molecule has 1 amide bonds. The van der Waals surface area contributed by atoms with Gasteiger partial charge < -0.3 is 10.1 Å². The lowest BCUT2D eigenvalue weighted by Crippen LogP contribution is -2.36. The van der Waals surface area contributed by atoms with Crippen molar-refractivity contribution in [1.29, 1.82) is 0 Å². The van der Waals surface area contributed by atoms with E-state index in [0.717, 1.165) is 17.2 Å². The van der Waals surface area contributed by atoms with Crippen molar-refractivity contribution in [1.82, 2.24) is 5.32 Å². The van der Waals surface area contributed by atoms with Crippen molar-refractivity contribution in [3.63, 3.8) is 0 Å². The standard InChI is InChI=1S/C14H14F3NO3/c1-10-4-2-3-5-11(10)6-7-13(20)21-8-12(19)18-9-14(15,16)17/h2-7H,8-9H2,1H3,(H,18,19)/b7-6+. The molecule has 1 N–H and O–H groups in total. The summed E-state index contributed by atoms with van der Waals surface area (Å²) in [7, 11) is 0. The SMILES string of the molecule is Cc1ccccc1/C=C/C(=O)OCC(=O)NCC(F)(F)F. The number of halogens is 3. The first-order valence-corrected chi connectivity index (χ1v) is 6.02. The number of aryl methyl sites for hydroxylation is 1. The fourth-order valence-corrected chi connectivity index (χ4v) is 1.37. The van der Waals surface area contributed by atoms with Gasteiger partial charge in [-0.3, -0.25) is 4.79 Å². The Balaban J connectivity index is 2.38. The summed E-state index contributed by atoms with van der Waals surface area (Å²) in [6.45, 7) is -0.356. The molecular weight excluding hydrogens is 287 g/mol. The van der Waals surface area contributed by atoms with Gasteiger partial charge in [-0.25, -0.2) is 4.79 Å². The van der Waals surface area contributed by atoms with Crippen molar-refractivity contribution in [3.05, 3.63) is 41.5 Å². The summed E-state index contributed by atoms with van der Waals surface area (Å²) in [6, 6.07) is 7.28. The maximum absolute atomic E-state index is 11.8. The van der Waals surface area contributed by atoms with Crippen molar-refractivity contribution in [2.75, 3.05) is 13.2 Å². The minimum absolute atomic E-state index is 0.757. The summed E-state index contributed by atoms with van der Waals surface area (Å²) in [4.78, 5) is 22.3. The van der Waals surface area contributed by atoms with Gasteiger partial charge in [-0.15, -0.1) is 0 Å². The zero-order valence-corrected chi connectivity index (χ0v) is 11.2. The maximum atomic E-state index is 11.8. The van der Waals surface area contributed by atoms with Crippen molar-refractivity contribution >= 4 is 18.0 Å². The van der Waals surface area contributed by atoms with Gasteiger partial charge in [-0.05, 0) is 24.1 Å². The first-order valence-electron chi connectivity index (χ1n) is 6.02. The summed E-state index contributed by atoms with van der Waals surface area (Å²) in [6.07, 6.45) is -1.88. The molecule has 0 saturated heterocycles. The third-order valence-electron chi connectivity index (χ3n) is 2.42. The molecule has 0 aliphatic carbocycles. The molecule has 0 unspecified atom stereocenters. The van der Waals surface area contributed by atoms with E-state index in [1.807, 2.05) is 19.1 Å². The van der Waals surface area contributed by atoms with E-state index in [-0.39, 0.29) is 0 Å². The minimum Gasteiger partial charge on any atom is -0.452 e. The number of alkyl halides is 3. The van der Waals surface area contributed by atoms with Crippen LogP contribution in [0.25, 0.3) is 6.08 Å². The van der Waals surface area contributed by atoms with Gasteiger partial charge >= 0.3 is 12.1 Å². The lowest BCUT2D eigenvalue weighted by molar-refractivity contribution is -0.148. The Morgan fingerprint density at radius 2 is 1.95 bits per heavy atom. The molecule has 4 nitrogen and oxygen atoms in total. The lowest BCUT2D eigenvalue weighted by Gasteiger charge is -2.07. The highest BCUT2D eigenvalue weighted by Crippen LogP contribution is 2.12. The van der Waals surface area contributed by atoms with Crippen molar-refractivity contribution in [2.45, 2.75) is 13.1 Å². The van der Waals surface area contributed by atoms with E-state index in [2.05, 4.69) is 4.74 Å². The van der Waals surface area contributed by atoms with Gasteiger partial charge in [0, 0.05) is 6.08 Å². The second-order valence-corrected chi connectivity index (χ2v) is 4.19. The summed E-state index contributed by atoms with van der Waals surface area (Å²) in [5, 5.41) is 1.60. The third kappa shape index (κ3) is 7.14. The molecule has 0 aromatic heterocycles. The molecular formula is C14H14F3NO3. The van der Waals surface area contributed by atoms with Gasteiger partial charge in [-0.1, -0.05) is 24.3 Å². The van der Waals surface area contributed by atoms with Crippen LogP contribution < -0.4 is 5.32 Å². The maximum Gasteiger partial charge on any atom is 0.405 e. The van der Waals surface area contributed by atoms with Crippen LogP contribution in [0.4, 0.5) is 13.2 Å². The van der Waals surface area contributed by atoms with Crippen LogP contribution in [-0.2, 0) is 14.3 Å². The fourth-order valence-electron chi connectivity index (χ4n) is 1.37. The number of amides is 1. The highest BCUT2D eigenvalue weighted by atomic mass is 19.4. The molecule has 0 saturated carbocycles. The summed E-state index contributed by atoms with van der Waals surface area (Å²) >= 11 is 0. The topological polar surface area (TPSA) is 55.4 Å². The number of carbonyl (C=O) groups is 2. The Bertz CT molecular complexity index is 539. The molecule has 0 heterocycles. The van der Waals surface area contributed by atoms with E-state index in [1.54, 1.807) is 17.4 Å². The van der Waals surface area contributed by atoms with Gasteiger partial charge in [0.25, 0.3) is 5.91 Å². The van der Waals surface area contributed by atoms with E-state index in [1.165, 1.54) is 6.08 Å². The number of carbonyl (C=O) groups excluding carboxylic acids is 2. The van der Waals surface area contributed by atoms with Gasteiger partial charge in [0.1, 0.15) is 6.54 Å². The molecule has 1 aromatic carbocycles. The van der Waals surface area contributed by atoms with Crippen molar-refractivity contribution < 1.29 is 27.5 Å². The first-order chi connectivity index (χ1) is 9.78. The predicted octanol–water partition coefficient (Wildman–Crippen LogP) is 2.23. The fraction of sp³-hybridized carbons (Fsp3) is 0.286. The number of hydrogen-bond donors (Lipinski definition) is 1. The number of ether oxygens (including phenoxy) is 1. The number of hydrogen-bond acceptors (Lipinski definition) is 3. The molecule has 0 fully saturated rings. The normalized spacial score (nSPS) is 11.4. The second-order valence-electron chi connectivity index (χ2n) is 4.19. The van der Waals surface area contributed by atoms with Gasteiger partial charge in [0.2, 0.25) is 0 Å². The molecule has 0 aliphatic heterocycles. The van der Waals surface area contributed by atoms with Crippen LogP contribution in [0.15, 0.2) is 30.3 Å². The quantitative estimate of drug-likeness (QED) is 0.670. The van der Waals surface area contributed by atoms with Gasteiger partial charge in [-0.2, -0.15) is 13.2 Å².